The lowest BCUT2D eigenvalue weighted by molar-refractivity contribution is 0.171. The van der Waals surface area contributed by atoms with Crippen molar-refractivity contribution in [3.63, 3.8) is 0 Å². The molecule has 0 saturated carbocycles. The van der Waals surface area contributed by atoms with Gasteiger partial charge in [0.15, 0.2) is 0 Å². The maximum absolute atomic E-state index is 9.96. The number of hydrogen-bond acceptors (Lipinski definition) is 3. The van der Waals surface area contributed by atoms with Gasteiger partial charge in [0.2, 0.25) is 0 Å². The molecule has 1 aromatic carbocycles. The van der Waals surface area contributed by atoms with Crippen molar-refractivity contribution in [2.45, 2.75) is 18.9 Å². The van der Waals surface area contributed by atoms with Crippen LogP contribution in [-0.2, 0) is 7.05 Å². The Morgan fingerprint density at radius 1 is 1.41 bits per heavy atom. The molecule has 2 rings (SSSR count). The molecular formula is C12H14BrN3O. The summed E-state index contributed by atoms with van der Waals surface area (Å²) in [7, 11) is 1.88. The average molecular weight is 296 g/mol. The Kier molecular flexibility index (Phi) is 3.59. The number of halogens is 1. The van der Waals surface area contributed by atoms with E-state index in [1.165, 1.54) is 0 Å². The SMILES string of the molecule is CC(O)C(c1cccc(Br)c1)c1nncn1C. The van der Waals surface area contributed by atoms with Gasteiger partial charge in [-0.25, -0.2) is 0 Å². The third-order valence-corrected chi connectivity index (χ3v) is 3.21. The van der Waals surface area contributed by atoms with Crippen molar-refractivity contribution in [2.75, 3.05) is 0 Å². The van der Waals surface area contributed by atoms with Crippen LogP contribution in [0.4, 0.5) is 0 Å². The molecular weight excluding hydrogens is 282 g/mol. The molecule has 0 radical (unpaired) electrons. The minimum absolute atomic E-state index is 0.167. The quantitative estimate of drug-likeness (QED) is 0.943. The fourth-order valence-corrected chi connectivity index (χ4v) is 2.33. The molecule has 4 nitrogen and oxygen atoms in total. The summed E-state index contributed by atoms with van der Waals surface area (Å²) in [6, 6.07) is 7.88. The Balaban J connectivity index is 2.47. The van der Waals surface area contributed by atoms with Gasteiger partial charge in [-0.1, -0.05) is 28.1 Å². The normalized spacial score (nSPS) is 14.6. The first-order valence-electron chi connectivity index (χ1n) is 5.37. The summed E-state index contributed by atoms with van der Waals surface area (Å²) >= 11 is 3.44. The van der Waals surface area contributed by atoms with Crippen molar-refractivity contribution in [3.8, 4) is 0 Å². The highest BCUT2D eigenvalue weighted by Crippen LogP contribution is 2.28. The average Bonchev–Trinajstić information content (AvgIpc) is 2.65. The summed E-state index contributed by atoms with van der Waals surface area (Å²) < 4.78 is 2.82. The first-order chi connectivity index (χ1) is 8.09. The Morgan fingerprint density at radius 2 is 2.18 bits per heavy atom. The van der Waals surface area contributed by atoms with Gasteiger partial charge in [0.05, 0.1) is 12.0 Å². The minimum Gasteiger partial charge on any atom is -0.392 e. The topological polar surface area (TPSA) is 50.9 Å². The van der Waals surface area contributed by atoms with Crippen molar-refractivity contribution in [2.24, 2.45) is 7.05 Å². The van der Waals surface area contributed by atoms with Gasteiger partial charge >= 0.3 is 0 Å². The first-order valence-corrected chi connectivity index (χ1v) is 6.16. The Bertz CT molecular complexity index is 510. The molecule has 0 bridgehead atoms. The zero-order valence-electron chi connectivity index (χ0n) is 9.71. The lowest BCUT2D eigenvalue weighted by Gasteiger charge is -2.19. The van der Waals surface area contributed by atoms with E-state index in [0.717, 1.165) is 15.9 Å². The third-order valence-electron chi connectivity index (χ3n) is 2.71. The van der Waals surface area contributed by atoms with E-state index in [-0.39, 0.29) is 5.92 Å². The summed E-state index contributed by atoms with van der Waals surface area (Å²) in [5, 5.41) is 17.9. The highest BCUT2D eigenvalue weighted by atomic mass is 79.9. The van der Waals surface area contributed by atoms with E-state index in [0.29, 0.717) is 0 Å². The first kappa shape index (κ1) is 12.3. The monoisotopic (exact) mass is 295 g/mol. The zero-order valence-corrected chi connectivity index (χ0v) is 11.3. The molecule has 17 heavy (non-hydrogen) atoms. The van der Waals surface area contributed by atoms with Crippen LogP contribution in [-0.4, -0.2) is 26.0 Å². The molecule has 2 atom stereocenters. The number of rotatable bonds is 3. The van der Waals surface area contributed by atoms with E-state index in [2.05, 4.69) is 26.1 Å². The van der Waals surface area contributed by atoms with Gasteiger partial charge < -0.3 is 9.67 Å². The molecule has 0 saturated heterocycles. The Hall–Kier alpha value is -1.20. The predicted octanol–water partition coefficient (Wildman–Crippen LogP) is 2.09. The lowest BCUT2D eigenvalue weighted by atomic mass is 9.93. The molecule has 0 aliphatic carbocycles. The molecule has 0 aliphatic heterocycles. The lowest BCUT2D eigenvalue weighted by Crippen LogP contribution is -2.19. The van der Waals surface area contributed by atoms with E-state index in [1.54, 1.807) is 13.3 Å². The zero-order chi connectivity index (χ0) is 12.4. The van der Waals surface area contributed by atoms with Crippen LogP contribution in [0.3, 0.4) is 0 Å². The number of aliphatic hydroxyl groups excluding tert-OH is 1. The van der Waals surface area contributed by atoms with E-state index < -0.39 is 6.10 Å². The van der Waals surface area contributed by atoms with Crippen LogP contribution in [0.25, 0.3) is 0 Å². The predicted molar refractivity (Wildman–Crippen MR) is 68.7 cm³/mol. The maximum atomic E-state index is 9.96. The van der Waals surface area contributed by atoms with Crippen molar-refractivity contribution < 1.29 is 5.11 Å². The number of nitrogens with zero attached hydrogens (tertiary/aromatic N) is 3. The van der Waals surface area contributed by atoms with Gasteiger partial charge in [0.1, 0.15) is 12.2 Å². The van der Waals surface area contributed by atoms with E-state index >= 15 is 0 Å². The second kappa shape index (κ2) is 4.98. The fraction of sp³-hybridized carbons (Fsp3) is 0.333. The number of hydrogen-bond donors (Lipinski definition) is 1. The number of aromatic nitrogens is 3. The molecule has 0 aliphatic rings. The van der Waals surface area contributed by atoms with E-state index in [4.69, 9.17) is 0 Å². The van der Waals surface area contributed by atoms with Gasteiger partial charge in [-0.2, -0.15) is 0 Å². The third kappa shape index (κ3) is 2.56. The van der Waals surface area contributed by atoms with Gasteiger partial charge in [-0.05, 0) is 24.6 Å². The van der Waals surface area contributed by atoms with Crippen molar-refractivity contribution in [1.82, 2.24) is 14.8 Å². The second-order valence-electron chi connectivity index (χ2n) is 4.07. The van der Waals surface area contributed by atoms with Gasteiger partial charge in [-0.3, -0.25) is 0 Å². The molecule has 0 spiro atoms. The standard InChI is InChI=1S/C12H14BrN3O/c1-8(17)11(12-15-14-7-16(12)2)9-4-3-5-10(13)6-9/h3-8,11,17H,1-2H3. The molecule has 5 heteroatoms. The smallest absolute Gasteiger partial charge is 0.142 e. The molecule has 2 unspecified atom stereocenters. The van der Waals surface area contributed by atoms with E-state index in [9.17, 15) is 5.11 Å². The molecule has 1 N–H and O–H groups in total. The molecule has 90 valence electrons. The van der Waals surface area contributed by atoms with Crippen LogP contribution >= 0.6 is 15.9 Å². The van der Waals surface area contributed by atoms with Gasteiger partial charge in [-0.15, -0.1) is 10.2 Å². The second-order valence-corrected chi connectivity index (χ2v) is 4.99. The van der Waals surface area contributed by atoms with Crippen LogP contribution < -0.4 is 0 Å². The number of aliphatic hydroxyl groups is 1. The summed E-state index contributed by atoms with van der Waals surface area (Å²) in [6.07, 6.45) is 1.12. The highest BCUT2D eigenvalue weighted by Gasteiger charge is 2.24. The van der Waals surface area contributed by atoms with Crippen LogP contribution in [0.5, 0.6) is 0 Å². The van der Waals surface area contributed by atoms with Gasteiger partial charge in [0, 0.05) is 11.5 Å². The number of benzene rings is 1. The van der Waals surface area contributed by atoms with Crippen molar-refractivity contribution in [3.05, 3.63) is 46.5 Å². The van der Waals surface area contributed by atoms with Crippen LogP contribution in [0.1, 0.15) is 24.2 Å². The molecule has 1 heterocycles. The summed E-state index contributed by atoms with van der Waals surface area (Å²) in [6.45, 7) is 1.76. The van der Waals surface area contributed by atoms with Gasteiger partial charge in [0.25, 0.3) is 0 Å². The highest BCUT2D eigenvalue weighted by molar-refractivity contribution is 9.10. The molecule has 1 aromatic heterocycles. The van der Waals surface area contributed by atoms with Crippen molar-refractivity contribution in [1.29, 1.82) is 0 Å². The minimum atomic E-state index is -0.521. The number of aryl methyl sites for hydroxylation is 1. The largest absolute Gasteiger partial charge is 0.392 e. The van der Waals surface area contributed by atoms with Crippen LogP contribution in [0.15, 0.2) is 35.1 Å². The summed E-state index contributed by atoms with van der Waals surface area (Å²) in [5.74, 6) is 0.595. The van der Waals surface area contributed by atoms with E-state index in [1.807, 2.05) is 35.9 Å². The fourth-order valence-electron chi connectivity index (χ4n) is 1.92. The van der Waals surface area contributed by atoms with Crippen molar-refractivity contribution >= 4 is 15.9 Å². The molecule has 0 fully saturated rings. The molecule has 0 amide bonds. The summed E-state index contributed by atoms with van der Waals surface area (Å²) in [5.41, 5.74) is 1.02. The van der Waals surface area contributed by atoms with Crippen LogP contribution in [0, 0.1) is 0 Å². The maximum Gasteiger partial charge on any atom is 0.142 e. The molecule has 2 aromatic rings. The van der Waals surface area contributed by atoms with Crippen LogP contribution in [0.2, 0.25) is 0 Å². The summed E-state index contributed by atoms with van der Waals surface area (Å²) in [4.78, 5) is 0. The Labute approximate surface area is 108 Å². The Morgan fingerprint density at radius 3 is 2.71 bits per heavy atom.